The van der Waals surface area contributed by atoms with Gasteiger partial charge in [-0.25, -0.2) is 4.90 Å². The van der Waals surface area contributed by atoms with Crippen molar-refractivity contribution in [3.8, 4) is 0 Å². The van der Waals surface area contributed by atoms with Crippen LogP contribution in [0.25, 0.3) is 0 Å². The number of halogens is 1. The number of fused-ring (bicyclic) bond motifs is 8. The number of amides is 2. The summed E-state index contributed by atoms with van der Waals surface area (Å²) in [6.45, 7) is 0. The van der Waals surface area contributed by atoms with E-state index in [0.717, 1.165) is 10.5 Å². The predicted molar refractivity (Wildman–Crippen MR) is 113 cm³/mol. The van der Waals surface area contributed by atoms with Gasteiger partial charge in [-0.15, -0.1) is 0 Å². The Balaban J connectivity index is 1.32. The molecule has 0 N–H and O–H groups in total. The Morgan fingerprint density at radius 2 is 1.55 bits per heavy atom. The van der Waals surface area contributed by atoms with Crippen LogP contribution in [0.5, 0.6) is 0 Å². The van der Waals surface area contributed by atoms with E-state index in [0.29, 0.717) is 16.4 Å². The lowest BCUT2D eigenvalue weighted by Crippen LogP contribution is -2.45. The Labute approximate surface area is 185 Å². The van der Waals surface area contributed by atoms with Gasteiger partial charge in [0, 0.05) is 27.0 Å². The van der Waals surface area contributed by atoms with E-state index in [1.807, 2.05) is 12.1 Å². The van der Waals surface area contributed by atoms with E-state index in [9.17, 15) is 13.8 Å². The Hall–Kier alpha value is -2.55. The van der Waals surface area contributed by atoms with Gasteiger partial charge in [-0.05, 0) is 42.0 Å². The molecule has 0 radical (unpaired) electrons. The highest BCUT2D eigenvalue weighted by molar-refractivity contribution is 7.84. The summed E-state index contributed by atoms with van der Waals surface area (Å²) in [6, 6.07) is 14.0. The molecule has 3 saturated heterocycles. The van der Waals surface area contributed by atoms with Gasteiger partial charge in [0.05, 0.1) is 35.3 Å². The van der Waals surface area contributed by atoms with Crippen molar-refractivity contribution in [3.63, 3.8) is 0 Å². The van der Waals surface area contributed by atoms with E-state index in [1.54, 1.807) is 42.7 Å². The molecule has 4 heterocycles. The maximum absolute atomic E-state index is 13.3. The molecule has 2 aromatic rings. The molecule has 2 amide bonds. The van der Waals surface area contributed by atoms with Crippen molar-refractivity contribution < 1.29 is 23.4 Å². The Morgan fingerprint density at radius 1 is 0.903 bits per heavy atom. The first-order valence-electron chi connectivity index (χ1n) is 9.92. The van der Waals surface area contributed by atoms with E-state index >= 15 is 0 Å². The van der Waals surface area contributed by atoms with E-state index in [1.165, 1.54) is 4.90 Å². The Kier molecular flexibility index (Phi) is 4.15. The minimum Gasteiger partial charge on any atom is -0.389 e. The van der Waals surface area contributed by atoms with E-state index in [4.69, 9.17) is 21.2 Å². The zero-order valence-electron chi connectivity index (χ0n) is 16.3. The number of carbonyl (C=O) groups excluding carboxylic acids is 2. The fourth-order valence-electron chi connectivity index (χ4n) is 5.26. The molecule has 2 aromatic carbocycles. The van der Waals surface area contributed by atoms with Gasteiger partial charge in [-0.3, -0.25) is 13.8 Å². The van der Waals surface area contributed by atoms with Crippen LogP contribution in [-0.4, -0.2) is 46.3 Å². The third kappa shape index (κ3) is 2.62. The molecule has 3 fully saturated rings. The third-order valence-corrected chi connectivity index (χ3v) is 7.80. The summed E-state index contributed by atoms with van der Waals surface area (Å²) < 4.78 is 17.8. The molecule has 31 heavy (non-hydrogen) atoms. The van der Waals surface area contributed by atoms with Crippen LogP contribution in [-0.2, 0) is 30.0 Å². The van der Waals surface area contributed by atoms with Gasteiger partial charge in [-0.1, -0.05) is 28.9 Å². The molecule has 0 aliphatic carbocycles. The first-order chi connectivity index (χ1) is 15.0. The molecule has 6 rings (SSSR count). The fraction of sp³-hybridized carbons (Fsp3) is 0.318. The van der Waals surface area contributed by atoms with Crippen molar-refractivity contribution in [2.24, 2.45) is 22.9 Å². The number of ether oxygens (including phenoxy) is 1. The van der Waals surface area contributed by atoms with Crippen molar-refractivity contribution in [1.29, 1.82) is 0 Å². The van der Waals surface area contributed by atoms with Crippen LogP contribution in [0.15, 0.2) is 58.6 Å². The minimum atomic E-state index is -1.07. The number of anilines is 1. The average molecular weight is 457 g/mol. The molecular formula is C22H17ClN2O5S. The lowest BCUT2D eigenvalue weighted by molar-refractivity contribution is -0.125. The van der Waals surface area contributed by atoms with Gasteiger partial charge in [-0.2, -0.15) is 0 Å². The number of nitrogens with zero attached hydrogens (tertiary/aromatic N) is 2. The first-order valence-corrected chi connectivity index (χ1v) is 11.9. The second kappa shape index (κ2) is 6.72. The molecule has 4 aliphatic rings. The summed E-state index contributed by atoms with van der Waals surface area (Å²) in [4.78, 5) is 34.2. The maximum Gasteiger partial charge on any atom is 0.240 e. The largest absolute Gasteiger partial charge is 0.389 e. The summed E-state index contributed by atoms with van der Waals surface area (Å²) in [7, 11) is -1.07. The lowest BCUT2D eigenvalue weighted by Gasteiger charge is -2.26. The molecular weight excluding hydrogens is 440 g/mol. The SMILES string of the molecule is CS(=O)c1ccc(C2=NO[C@H]3[C@H]4O[C@@H]([C@@H]23)[C@@H]2C(=O)N(c3ccc(Cl)cc3)C(=O)[C@H]42)cc1. The highest BCUT2D eigenvalue weighted by Crippen LogP contribution is 2.55. The first kappa shape index (κ1) is 19.2. The number of carbonyl (C=O) groups is 2. The van der Waals surface area contributed by atoms with Crippen LogP contribution in [0.2, 0.25) is 5.02 Å². The van der Waals surface area contributed by atoms with Gasteiger partial charge in [0.2, 0.25) is 11.8 Å². The molecule has 7 atom stereocenters. The molecule has 7 nitrogen and oxygen atoms in total. The molecule has 1 unspecified atom stereocenters. The molecule has 0 saturated carbocycles. The van der Waals surface area contributed by atoms with Gasteiger partial charge >= 0.3 is 0 Å². The lowest BCUT2D eigenvalue weighted by atomic mass is 9.71. The molecule has 4 aliphatic heterocycles. The van der Waals surface area contributed by atoms with Crippen molar-refractivity contribution in [3.05, 3.63) is 59.1 Å². The van der Waals surface area contributed by atoms with Crippen molar-refractivity contribution >= 4 is 45.6 Å². The van der Waals surface area contributed by atoms with Crippen LogP contribution in [0.4, 0.5) is 5.69 Å². The highest BCUT2D eigenvalue weighted by atomic mass is 35.5. The number of imide groups is 1. The standard InChI is InChI=1S/C22H17ClN2O5S/c1-31(28)13-8-2-10(3-9-13)17-16-18-14-15(19(29-18)20(16)30-24-17)22(27)25(21(14)26)12-6-4-11(23)5-7-12/h2-9,14-16,18-20H,1H3/t14-,15+,16-,18-,19+,20-,31?/m1/s1. The van der Waals surface area contributed by atoms with Crippen LogP contribution in [0.3, 0.4) is 0 Å². The molecule has 158 valence electrons. The number of hydrogen-bond donors (Lipinski definition) is 0. The summed E-state index contributed by atoms with van der Waals surface area (Å²) >= 11 is 5.95. The van der Waals surface area contributed by atoms with E-state index < -0.39 is 40.9 Å². The normalized spacial score (nSPS) is 33.9. The van der Waals surface area contributed by atoms with Crippen LogP contribution in [0.1, 0.15) is 5.56 Å². The second-order valence-electron chi connectivity index (χ2n) is 8.16. The number of hydrogen-bond acceptors (Lipinski definition) is 6. The number of oxime groups is 1. The van der Waals surface area contributed by atoms with Crippen molar-refractivity contribution in [1.82, 2.24) is 0 Å². The van der Waals surface area contributed by atoms with E-state index in [2.05, 4.69) is 5.16 Å². The Morgan fingerprint density at radius 3 is 2.19 bits per heavy atom. The molecule has 9 heteroatoms. The minimum absolute atomic E-state index is 0.230. The van der Waals surface area contributed by atoms with Gasteiger partial charge in [0.25, 0.3) is 0 Å². The van der Waals surface area contributed by atoms with Crippen molar-refractivity contribution in [2.75, 3.05) is 11.2 Å². The molecule has 2 bridgehead atoms. The van der Waals surface area contributed by atoms with Crippen LogP contribution < -0.4 is 4.90 Å². The summed E-state index contributed by atoms with van der Waals surface area (Å²) in [5.74, 6) is -1.90. The number of benzene rings is 2. The smallest absolute Gasteiger partial charge is 0.240 e. The quantitative estimate of drug-likeness (QED) is 0.662. The van der Waals surface area contributed by atoms with Gasteiger partial charge < -0.3 is 9.57 Å². The topological polar surface area (TPSA) is 85.3 Å². The summed E-state index contributed by atoms with van der Waals surface area (Å²) in [5, 5.41) is 4.82. The van der Waals surface area contributed by atoms with E-state index in [-0.39, 0.29) is 17.7 Å². The zero-order valence-corrected chi connectivity index (χ0v) is 17.9. The predicted octanol–water partition coefficient (Wildman–Crippen LogP) is 2.38. The fourth-order valence-corrected chi connectivity index (χ4v) is 5.90. The monoisotopic (exact) mass is 456 g/mol. The average Bonchev–Trinajstić information content (AvgIpc) is 3.49. The third-order valence-electron chi connectivity index (χ3n) is 6.61. The zero-order chi connectivity index (χ0) is 21.4. The van der Waals surface area contributed by atoms with Crippen LogP contribution in [0, 0.1) is 17.8 Å². The second-order valence-corrected chi connectivity index (χ2v) is 9.97. The number of rotatable bonds is 3. The highest BCUT2D eigenvalue weighted by Gasteiger charge is 2.72. The molecule has 0 aromatic heterocycles. The van der Waals surface area contributed by atoms with Gasteiger partial charge in [0.15, 0.2) is 6.10 Å². The van der Waals surface area contributed by atoms with Crippen molar-refractivity contribution in [2.45, 2.75) is 23.2 Å². The summed E-state index contributed by atoms with van der Waals surface area (Å²) in [5.41, 5.74) is 2.05. The molecule has 0 spiro atoms. The Bertz CT molecular complexity index is 1170. The van der Waals surface area contributed by atoms with Crippen LogP contribution >= 0.6 is 11.6 Å². The van der Waals surface area contributed by atoms with Gasteiger partial charge in [0.1, 0.15) is 6.10 Å². The summed E-state index contributed by atoms with van der Waals surface area (Å²) in [6.07, 6.45) is 0.232. The maximum atomic E-state index is 13.3.